The zero-order valence-electron chi connectivity index (χ0n) is 5.44. The van der Waals surface area contributed by atoms with Crippen molar-refractivity contribution in [1.82, 2.24) is 0 Å². The fourth-order valence-corrected chi connectivity index (χ4v) is 0.397. The molecule has 0 amide bonds. The van der Waals surface area contributed by atoms with Crippen LogP contribution in [0.15, 0.2) is 11.6 Å². The third-order valence-corrected chi connectivity index (χ3v) is 1.12. The first-order valence-corrected chi connectivity index (χ1v) is 2.80. The summed E-state index contributed by atoms with van der Waals surface area (Å²) in [5, 5.41) is 8.13. The standard InChI is InChI=1S/C7H11N/c1-3-7(2)5-4-6-8/h3H,4-5H2,1-2H3. The molecular weight excluding hydrogens is 98.1 g/mol. The van der Waals surface area contributed by atoms with E-state index >= 15 is 0 Å². The molecule has 0 heterocycles. The molecular formula is C7H11N. The van der Waals surface area contributed by atoms with Crippen molar-refractivity contribution in [3.8, 4) is 6.07 Å². The van der Waals surface area contributed by atoms with Gasteiger partial charge in [0.05, 0.1) is 6.07 Å². The lowest BCUT2D eigenvalue weighted by atomic mass is 10.2. The van der Waals surface area contributed by atoms with Crippen molar-refractivity contribution in [1.29, 1.82) is 5.26 Å². The maximum atomic E-state index is 8.13. The molecule has 0 aromatic carbocycles. The van der Waals surface area contributed by atoms with Gasteiger partial charge in [-0.25, -0.2) is 0 Å². The molecule has 0 fully saturated rings. The lowest BCUT2D eigenvalue weighted by Gasteiger charge is -1.89. The van der Waals surface area contributed by atoms with E-state index in [1.54, 1.807) is 0 Å². The molecule has 0 unspecified atom stereocenters. The van der Waals surface area contributed by atoms with Gasteiger partial charge in [0.1, 0.15) is 0 Å². The highest BCUT2D eigenvalue weighted by molar-refractivity contribution is 4.97. The summed E-state index contributed by atoms with van der Waals surface area (Å²) < 4.78 is 0. The highest BCUT2D eigenvalue weighted by atomic mass is 14.2. The normalized spacial score (nSPS) is 10.9. The number of allylic oxidation sites excluding steroid dienone is 2. The van der Waals surface area contributed by atoms with Crippen LogP contribution in [0.5, 0.6) is 0 Å². The van der Waals surface area contributed by atoms with Crippen molar-refractivity contribution in [3.63, 3.8) is 0 Å². The van der Waals surface area contributed by atoms with Crippen LogP contribution in [-0.4, -0.2) is 0 Å². The molecule has 0 spiro atoms. The van der Waals surface area contributed by atoms with Gasteiger partial charge in [-0.2, -0.15) is 5.26 Å². The Bertz CT molecular complexity index is 117. The van der Waals surface area contributed by atoms with Gasteiger partial charge in [-0.3, -0.25) is 0 Å². The largest absolute Gasteiger partial charge is 0.198 e. The molecule has 0 N–H and O–H groups in total. The van der Waals surface area contributed by atoms with Gasteiger partial charge in [-0.15, -0.1) is 0 Å². The maximum Gasteiger partial charge on any atom is 0.0625 e. The van der Waals surface area contributed by atoms with Crippen LogP contribution in [0.1, 0.15) is 26.7 Å². The monoisotopic (exact) mass is 109 g/mol. The number of nitriles is 1. The molecule has 0 bridgehead atoms. The Morgan fingerprint density at radius 3 is 2.75 bits per heavy atom. The van der Waals surface area contributed by atoms with Gasteiger partial charge in [0.2, 0.25) is 0 Å². The Morgan fingerprint density at radius 2 is 2.38 bits per heavy atom. The van der Waals surface area contributed by atoms with E-state index in [9.17, 15) is 0 Å². The minimum atomic E-state index is 0.649. The molecule has 0 saturated heterocycles. The third kappa shape index (κ3) is 3.42. The molecule has 1 nitrogen and oxygen atoms in total. The molecule has 0 aromatic heterocycles. The van der Waals surface area contributed by atoms with E-state index in [-0.39, 0.29) is 0 Å². The van der Waals surface area contributed by atoms with Crippen LogP contribution < -0.4 is 0 Å². The van der Waals surface area contributed by atoms with Crippen LogP contribution in [0.2, 0.25) is 0 Å². The Kier molecular flexibility index (Phi) is 3.97. The average molecular weight is 109 g/mol. The van der Waals surface area contributed by atoms with Gasteiger partial charge in [0.25, 0.3) is 0 Å². The summed E-state index contributed by atoms with van der Waals surface area (Å²) in [4.78, 5) is 0. The van der Waals surface area contributed by atoms with E-state index in [0.717, 1.165) is 6.42 Å². The Hall–Kier alpha value is -0.770. The van der Waals surface area contributed by atoms with Gasteiger partial charge >= 0.3 is 0 Å². The molecule has 0 aliphatic carbocycles. The minimum Gasteiger partial charge on any atom is -0.198 e. The van der Waals surface area contributed by atoms with E-state index in [4.69, 9.17) is 5.26 Å². The van der Waals surface area contributed by atoms with E-state index < -0.39 is 0 Å². The van der Waals surface area contributed by atoms with Crippen molar-refractivity contribution < 1.29 is 0 Å². The van der Waals surface area contributed by atoms with Crippen LogP contribution in [0.25, 0.3) is 0 Å². The van der Waals surface area contributed by atoms with E-state index in [1.165, 1.54) is 5.57 Å². The quantitative estimate of drug-likeness (QED) is 0.499. The minimum absolute atomic E-state index is 0.649. The van der Waals surface area contributed by atoms with Crippen molar-refractivity contribution in [3.05, 3.63) is 11.6 Å². The summed E-state index contributed by atoms with van der Waals surface area (Å²) in [6.07, 6.45) is 3.61. The summed E-state index contributed by atoms with van der Waals surface area (Å²) in [7, 11) is 0. The van der Waals surface area contributed by atoms with Crippen LogP contribution >= 0.6 is 0 Å². The fourth-order valence-electron chi connectivity index (χ4n) is 0.397. The summed E-state index contributed by atoms with van der Waals surface area (Å²) in [6.45, 7) is 4.03. The Labute approximate surface area is 50.6 Å². The first kappa shape index (κ1) is 7.23. The SMILES string of the molecule is CC=C(C)CCC#N. The van der Waals surface area contributed by atoms with Gasteiger partial charge in [-0.1, -0.05) is 11.6 Å². The summed E-state index contributed by atoms with van der Waals surface area (Å²) in [6, 6.07) is 2.09. The maximum absolute atomic E-state index is 8.13. The predicted molar refractivity (Wildman–Crippen MR) is 34.3 cm³/mol. The van der Waals surface area contributed by atoms with Crippen LogP contribution in [0.3, 0.4) is 0 Å². The summed E-state index contributed by atoms with van der Waals surface area (Å²) >= 11 is 0. The molecule has 0 aliphatic rings. The second kappa shape index (κ2) is 4.39. The van der Waals surface area contributed by atoms with Crippen molar-refractivity contribution in [2.75, 3.05) is 0 Å². The number of hydrogen-bond donors (Lipinski definition) is 0. The number of nitrogens with zero attached hydrogens (tertiary/aromatic N) is 1. The molecule has 0 atom stereocenters. The molecule has 0 radical (unpaired) electrons. The van der Waals surface area contributed by atoms with Gasteiger partial charge in [0.15, 0.2) is 0 Å². The lowest BCUT2D eigenvalue weighted by molar-refractivity contribution is 0.983. The molecule has 44 valence electrons. The number of hydrogen-bond acceptors (Lipinski definition) is 1. The van der Waals surface area contributed by atoms with E-state index in [1.807, 2.05) is 19.9 Å². The first-order valence-electron chi connectivity index (χ1n) is 2.80. The smallest absolute Gasteiger partial charge is 0.0625 e. The molecule has 0 aromatic rings. The van der Waals surface area contributed by atoms with Crippen molar-refractivity contribution >= 4 is 0 Å². The van der Waals surface area contributed by atoms with Crippen LogP contribution in [0.4, 0.5) is 0 Å². The number of rotatable bonds is 2. The van der Waals surface area contributed by atoms with Crippen molar-refractivity contribution in [2.45, 2.75) is 26.7 Å². The van der Waals surface area contributed by atoms with Gasteiger partial charge in [-0.05, 0) is 20.3 Å². The fraction of sp³-hybridized carbons (Fsp3) is 0.571. The Balaban J connectivity index is 3.29. The van der Waals surface area contributed by atoms with E-state index in [0.29, 0.717) is 6.42 Å². The lowest BCUT2D eigenvalue weighted by Crippen LogP contribution is -1.72. The molecule has 0 rings (SSSR count). The van der Waals surface area contributed by atoms with Crippen molar-refractivity contribution in [2.24, 2.45) is 0 Å². The molecule has 1 heteroatoms. The molecule has 8 heavy (non-hydrogen) atoms. The zero-order valence-corrected chi connectivity index (χ0v) is 5.44. The van der Waals surface area contributed by atoms with Crippen LogP contribution in [-0.2, 0) is 0 Å². The topological polar surface area (TPSA) is 23.8 Å². The molecule has 0 aliphatic heterocycles. The molecule has 0 saturated carbocycles. The summed E-state index contributed by atoms with van der Waals surface area (Å²) in [5.41, 5.74) is 1.30. The second-order valence-electron chi connectivity index (χ2n) is 1.79. The Morgan fingerprint density at radius 1 is 1.75 bits per heavy atom. The third-order valence-electron chi connectivity index (χ3n) is 1.12. The summed E-state index contributed by atoms with van der Waals surface area (Å²) in [5.74, 6) is 0. The second-order valence-corrected chi connectivity index (χ2v) is 1.79. The highest BCUT2D eigenvalue weighted by Crippen LogP contribution is 2.00. The van der Waals surface area contributed by atoms with Gasteiger partial charge in [0, 0.05) is 6.42 Å². The zero-order chi connectivity index (χ0) is 6.41. The van der Waals surface area contributed by atoms with Gasteiger partial charge < -0.3 is 0 Å². The highest BCUT2D eigenvalue weighted by Gasteiger charge is 1.83. The first-order chi connectivity index (χ1) is 3.81. The van der Waals surface area contributed by atoms with Crippen LogP contribution in [0, 0.1) is 11.3 Å². The average Bonchev–Trinajstić information content (AvgIpc) is 1.83. The van der Waals surface area contributed by atoms with E-state index in [2.05, 4.69) is 6.07 Å². The predicted octanol–water partition coefficient (Wildman–Crippen LogP) is 2.26.